The number of pyridine rings is 1. The fraction of sp³-hybridized carbons (Fsp3) is 0.450. The number of aryl methyl sites for hydroxylation is 2. The zero-order valence-electron chi connectivity index (χ0n) is 15.2. The van der Waals surface area contributed by atoms with Crippen LogP contribution in [0.15, 0.2) is 24.3 Å². The summed E-state index contributed by atoms with van der Waals surface area (Å²) in [7, 11) is 0. The van der Waals surface area contributed by atoms with E-state index in [9.17, 15) is 9.59 Å². The van der Waals surface area contributed by atoms with E-state index >= 15 is 0 Å². The number of hydrogen-bond donors (Lipinski definition) is 1. The van der Waals surface area contributed by atoms with E-state index in [0.717, 1.165) is 29.3 Å². The SMILES string of the molecule is Cc1ccc2nc(C)c(C(=O)N(CCC(=O)O)C[C@H]3CCCO3)cc2c1. The maximum Gasteiger partial charge on any atom is 0.305 e. The van der Waals surface area contributed by atoms with Gasteiger partial charge in [0, 0.05) is 25.1 Å². The molecule has 1 saturated heterocycles. The van der Waals surface area contributed by atoms with Crippen molar-refractivity contribution < 1.29 is 19.4 Å². The minimum absolute atomic E-state index is 0.0243. The van der Waals surface area contributed by atoms with Crippen LogP contribution in [0.4, 0.5) is 0 Å². The molecule has 2 heterocycles. The van der Waals surface area contributed by atoms with Gasteiger partial charge in [-0.25, -0.2) is 0 Å². The highest BCUT2D eigenvalue weighted by Crippen LogP contribution is 2.21. The average Bonchev–Trinajstić information content (AvgIpc) is 3.10. The number of amides is 1. The van der Waals surface area contributed by atoms with Crippen LogP contribution < -0.4 is 0 Å². The molecule has 2 aromatic rings. The van der Waals surface area contributed by atoms with E-state index in [4.69, 9.17) is 9.84 Å². The Kier molecular flexibility index (Phi) is 5.52. The van der Waals surface area contributed by atoms with Gasteiger partial charge in [0.1, 0.15) is 0 Å². The molecule has 6 nitrogen and oxygen atoms in total. The summed E-state index contributed by atoms with van der Waals surface area (Å²) in [5.41, 5.74) is 3.12. The number of benzene rings is 1. The van der Waals surface area contributed by atoms with Crippen molar-refractivity contribution >= 4 is 22.8 Å². The van der Waals surface area contributed by atoms with Crippen LogP contribution >= 0.6 is 0 Å². The average molecular weight is 356 g/mol. The van der Waals surface area contributed by atoms with Crippen LogP contribution in [0.1, 0.15) is 40.9 Å². The third-order valence-electron chi connectivity index (χ3n) is 4.72. The van der Waals surface area contributed by atoms with Crippen LogP contribution in [0.2, 0.25) is 0 Å². The van der Waals surface area contributed by atoms with E-state index in [0.29, 0.717) is 24.4 Å². The number of aromatic nitrogens is 1. The Hall–Kier alpha value is -2.47. The van der Waals surface area contributed by atoms with Gasteiger partial charge in [-0.2, -0.15) is 0 Å². The third-order valence-corrected chi connectivity index (χ3v) is 4.72. The van der Waals surface area contributed by atoms with Gasteiger partial charge in [-0.05, 0) is 44.9 Å². The van der Waals surface area contributed by atoms with Crippen molar-refractivity contribution in [3.63, 3.8) is 0 Å². The van der Waals surface area contributed by atoms with E-state index in [1.807, 2.05) is 38.1 Å². The quantitative estimate of drug-likeness (QED) is 0.861. The largest absolute Gasteiger partial charge is 0.481 e. The van der Waals surface area contributed by atoms with Gasteiger partial charge in [0.15, 0.2) is 0 Å². The molecule has 6 heteroatoms. The van der Waals surface area contributed by atoms with Gasteiger partial charge in [-0.3, -0.25) is 14.6 Å². The summed E-state index contributed by atoms with van der Waals surface area (Å²) in [4.78, 5) is 30.3. The van der Waals surface area contributed by atoms with Crippen molar-refractivity contribution in [1.29, 1.82) is 0 Å². The molecule has 26 heavy (non-hydrogen) atoms. The Labute approximate surface area is 152 Å². The lowest BCUT2D eigenvalue weighted by atomic mass is 10.1. The first-order valence-electron chi connectivity index (χ1n) is 8.94. The van der Waals surface area contributed by atoms with E-state index in [-0.39, 0.29) is 25.0 Å². The molecule has 0 aliphatic carbocycles. The minimum Gasteiger partial charge on any atom is -0.481 e. The van der Waals surface area contributed by atoms with Gasteiger partial charge in [0.25, 0.3) is 5.91 Å². The molecule has 1 atom stereocenters. The lowest BCUT2D eigenvalue weighted by Crippen LogP contribution is -2.39. The van der Waals surface area contributed by atoms with Crippen LogP contribution in [0.25, 0.3) is 10.9 Å². The first kappa shape index (κ1) is 18.3. The molecular weight excluding hydrogens is 332 g/mol. The summed E-state index contributed by atoms with van der Waals surface area (Å²) < 4.78 is 5.64. The minimum atomic E-state index is -0.917. The van der Waals surface area contributed by atoms with Gasteiger partial charge >= 0.3 is 5.97 Å². The van der Waals surface area contributed by atoms with E-state index in [1.165, 1.54) is 0 Å². The normalized spacial score (nSPS) is 16.8. The number of carboxylic acid groups (broad SMARTS) is 1. The van der Waals surface area contributed by atoms with Crippen LogP contribution in [0, 0.1) is 13.8 Å². The summed E-state index contributed by atoms with van der Waals surface area (Å²) in [6, 6.07) is 7.80. The molecule has 1 N–H and O–H groups in total. The predicted molar refractivity (Wildman–Crippen MR) is 98.3 cm³/mol. The predicted octanol–water partition coefficient (Wildman–Crippen LogP) is 2.95. The van der Waals surface area contributed by atoms with E-state index in [1.54, 1.807) is 4.90 Å². The van der Waals surface area contributed by atoms with Crippen LogP contribution in [-0.4, -0.2) is 52.7 Å². The summed E-state index contributed by atoms with van der Waals surface area (Å²) in [5.74, 6) is -1.10. The number of hydrogen-bond acceptors (Lipinski definition) is 4. The number of aliphatic carboxylic acids is 1. The molecule has 0 saturated carbocycles. The highest BCUT2D eigenvalue weighted by Gasteiger charge is 2.25. The Morgan fingerprint density at radius 1 is 1.31 bits per heavy atom. The fourth-order valence-corrected chi connectivity index (χ4v) is 3.32. The second-order valence-corrected chi connectivity index (χ2v) is 6.85. The van der Waals surface area contributed by atoms with Crippen LogP contribution in [0.3, 0.4) is 0 Å². The molecule has 138 valence electrons. The maximum absolute atomic E-state index is 13.1. The van der Waals surface area contributed by atoms with Crippen molar-refractivity contribution in [1.82, 2.24) is 9.88 Å². The van der Waals surface area contributed by atoms with Gasteiger partial charge in [0.05, 0.1) is 29.3 Å². The molecule has 3 rings (SSSR count). The highest BCUT2D eigenvalue weighted by molar-refractivity contribution is 5.98. The number of nitrogens with zero attached hydrogens (tertiary/aromatic N) is 2. The second-order valence-electron chi connectivity index (χ2n) is 6.85. The van der Waals surface area contributed by atoms with E-state index in [2.05, 4.69) is 4.98 Å². The molecule has 0 unspecified atom stereocenters. The third kappa shape index (κ3) is 4.19. The number of ether oxygens (including phenoxy) is 1. The summed E-state index contributed by atoms with van der Waals surface area (Å²) in [5, 5.41) is 9.93. The van der Waals surface area contributed by atoms with Crippen LogP contribution in [-0.2, 0) is 9.53 Å². The standard InChI is InChI=1S/C20H24N2O4/c1-13-5-6-18-15(10-13)11-17(14(2)21-18)20(25)22(8-7-19(23)24)12-16-4-3-9-26-16/h5-6,10-11,16H,3-4,7-9,12H2,1-2H3,(H,23,24)/t16-/m1/s1. The molecule has 0 radical (unpaired) electrons. The van der Waals surface area contributed by atoms with Gasteiger partial charge in [-0.15, -0.1) is 0 Å². The van der Waals surface area contributed by atoms with E-state index < -0.39 is 5.97 Å². The summed E-state index contributed by atoms with van der Waals surface area (Å²) in [6.07, 6.45) is 1.76. The monoisotopic (exact) mass is 356 g/mol. The molecular formula is C20H24N2O4. The van der Waals surface area contributed by atoms with Crippen molar-refractivity contribution in [3.8, 4) is 0 Å². The first-order chi connectivity index (χ1) is 12.4. The maximum atomic E-state index is 13.1. The summed E-state index contributed by atoms with van der Waals surface area (Å²) in [6.45, 7) is 5.09. The molecule has 1 fully saturated rings. The molecule has 0 bridgehead atoms. The molecule has 0 spiro atoms. The van der Waals surface area contributed by atoms with Crippen molar-refractivity contribution in [3.05, 3.63) is 41.1 Å². The fourth-order valence-electron chi connectivity index (χ4n) is 3.32. The Balaban J connectivity index is 1.89. The van der Waals surface area contributed by atoms with Crippen LogP contribution in [0.5, 0.6) is 0 Å². The lowest BCUT2D eigenvalue weighted by molar-refractivity contribution is -0.137. The van der Waals surface area contributed by atoms with Gasteiger partial charge in [-0.1, -0.05) is 11.6 Å². The van der Waals surface area contributed by atoms with Crippen molar-refractivity contribution in [2.45, 2.75) is 39.2 Å². The number of rotatable bonds is 6. The van der Waals surface area contributed by atoms with Gasteiger partial charge in [0.2, 0.25) is 0 Å². The summed E-state index contributed by atoms with van der Waals surface area (Å²) >= 11 is 0. The van der Waals surface area contributed by atoms with Crippen molar-refractivity contribution in [2.75, 3.05) is 19.7 Å². The Morgan fingerprint density at radius 2 is 2.12 bits per heavy atom. The molecule has 1 aliphatic heterocycles. The smallest absolute Gasteiger partial charge is 0.305 e. The number of carbonyl (C=O) groups is 2. The Morgan fingerprint density at radius 3 is 2.81 bits per heavy atom. The topological polar surface area (TPSA) is 79.7 Å². The number of carboxylic acids is 1. The Bertz CT molecular complexity index is 828. The zero-order chi connectivity index (χ0) is 18.7. The molecule has 1 amide bonds. The molecule has 1 aromatic carbocycles. The second kappa shape index (κ2) is 7.83. The number of carbonyl (C=O) groups excluding carboxylic acids is 1. The molecule has 1 aliphatic rings. The number of fused-ring (bicyclic) bond motifs is 1. The van der Waals surface area contributed by atoms with Crippen molar-refractivity contribution in [2.24, 2.45) is 0 Å². The van der Waals surface area contributed by atoms with Gasteiger partial charge < -0.3 is 14.7 Å². The zero-order valence-corrected chi connectivity index (χ0v) is 15.2. The molecule has 1 aromatic heterocycles. The first-order valence-corrected chi connectivity index (χ1v) is 8.94. The highest BCUT2D eigenvalue weighted by atomic mass is 16.5. The lowest BCUT2D eigenvalue weighted by Gasteiger charge is -2.25.